The van der Waals surface area contributed by atoms with E-state index in [1.165, 1.54) is 6.07 Å². The van der Waals surface area contributed by atoms with Gasteiger partial charge in [0.15, 0.2) is 0 Å². The van der Waals surface area contributed by atoms with Crippen molar-refractivity contribution in [1.29, 1.82) is 0 Å². The summed E-state index contributed by atoms with van der Waals surface area (Å²) in [7, 11) is 0. The van der Waals surface area contributed by atoms with E-state index >= 15 is 0 Å². The number of carbonyl (C=O) groups is 1. The van der Waals surface area contributed by atoms with Crippen LogP contribution in [0.25, 0.3) is 11.0 Å². The van der Waals surface area contributed by atoms with E-state index in [4.69, 9.17) is 21.3 Å². The van der Waals surface area contributed by atoms with Crippen LogP contribution in [0.2, 0.25) is 5.02 Å². The molecule has 0 spiro atoms. The summed E-state index contributed by atoms with van der Waals surface area (Å²) in [4.78, 5) is 21.3. The molecule has 6 nitrogen and oxygen atoms in total. The van der Waals surface area contributed by atoms with Gasteiger partial charge in [-0.1, -0.05) is 29.8 Å². The van der Waals surface area contributed by atoms with Crippen LogP contribution >= 0.6 is 11.6 Å². The van der Waals surface area contributed by atoms with Crippen molar-refractivity contribution in [2.75, 3.05) is 24.5 Å². The third-order valence-electron chi connectivity index (χ3n) is 5.55. The number of imidazole rings is 1. The van der Waals surface area contributed by atoms with Gasteiger partial charge in [-0.05, 0) is 52.0 Å². The van der Waals surface area contributed by atoms with Crippen LogP contribution in [0.3, 0.4) is 0 Å². The number of hydrogen-bond donors (Lipinski definition) is 0. The smallest absolute Gasteiger partial charge is 0.410 e. The Balaban J connectivity index is 1.65. The molecule has 4 rings (SSSR count). The maximum Gasteiger partial charge on any atom is 0.410 e. The molecule has 0 aliphatic carbocycles. The van der Waals surface area contributed by atoms with E-state index in [9.17, 15) is 9.18 Å². The highest BCUT2D eigenvalue weighted by Crippen LogP contribution is 2.29. The van der Waals surface area contributed by atoms with Crippen LogP contribution in [0.4, 0.5) is 15.1 Å². The van der Waals surface area contributed by atoms with Crippen molar-refractivity contribution in [3.05, 3.63) is 58.9 Å². The normalized spacial score (nSPS) is 17.1. The number of anilines is 1. The van der Waals surface area contributed by atoms with Crippen LogP contribution < -0.4 is 4.90 Å². The SMILES string of the molecule is C[C@@H]1CN(C(=O)OC(C)(C)C)CCN1c1nc2ccccc2n1Cc1c(F)cccc1Cl. The Hall–Kier alpha value is -2.80. The second-order valence-corrected chi connectivity index (χ2v) is 9.56. The average Bonchev–Trinajstić information content (AvgIpc) is 3.07. The maximum absolute atomic E-state index is 14.6. The molecule has 2 aromatic carbocycles. The maximum atomic E-state index is 14.6. The second kappa shape index (κ2) is 8.62. The van der Waals surface area contributed by atoms with Crippen LogP contribution in [0.5, 0.6) is 0 Å². The molecular weight excluding hydrogens is 431 g/mol. The predicted octanol–water partition coefficient (Wildman–Crippen LogP) is 5.32. The van der Waals surface area contributed by atoms with Crippen LogP contribution in [-0.2, 0) is 11.3 Å². The van der Waals surface area contributed by atoms with Gasteiger partial charge in [-0.25, -0.2) is 14.2 Å². The fraction of sp³-hybridized carbons (Fsp3) is 0.417. The molecule has 1 fully saturated rings. The molecule has 1 aromatic heterocycles. The van der Waals surface area contributed by atoms with Gasteiger partial charge in [-0.15, -0.1) is 0 Å². The van der Waals surface area contributed by atoms with Crippen molar-refractivity contribution in [1.82, 2.24) is 14.5 Å². The van der Waals surface area contributed by atoms with Gasteiger partial charge in [0.2, 0.25) is 5.95 Å². The quantitative estimate of drug-likeness (QED) is 0.532. The number of piperazine rings is 1. The van der Waals surface area contributed by atoms with Crippen molar-refractivity contribution in [2.24, 2.45) is 0 Å². The lowest BCUT2D eigenvalue weighted by Gasteiger charge is -2.40. The lowest BCUT2D eigenvalue weighted by molar-refractivity contribution is 0.0218. The van der Waals surface area contributed by atoms with Crippen LogP contribution in [0.15, 0.2) is 42.5 Å². The highest BCUT2D eigenvalue weighted by Gasteiger charge is 2.32. The summed E-state index contributed by atoms with van der Waals surface area (Å²) in [6.45, 7) is 9.52. The van der Waals surface area contributed by atoms with Gasteiger partial charge >= 0.3 is 6.09 Å². The first-order valence-electron chi connectivity index (χ1n) is 10.8. The number of hydrogen-bond acceptors (Lipinski definition) is 4. The van der Waals surface area contributed by atoms with Crippen molar-refractivity contribution in [3.8, 4) is 0 Å². The molecule has 2 heterocycles. The molecule has 1 amide bonds. The third-order valence-corrected chi connectivity index (χ3v) is 5.90. The molecule has 0 bridgehead atoms. The van der Waals surface area contributed by atoms with Gasteiger partial charge < -0.3 is 19.1 Å². The molecule has 1 atom stereocenters. The largest absolute Gasteiger partial charge is 0.444 e. The standard InChI is InChI=1S/C24H28ClFN4O2/c1-16-14-28(23(31)32-24(2,3)4)12-13-29(16)22-27-20-10-5-6-11-21(20)30(22)15-17-18(25)8-7-9-19(17)26/h5-11,16H,12-15H2,1-4H3/t16-/m1/s1. The van der Waals surface area contributed by atoms with Crippen molar-refractivity contribution < 1.29 is 13.9 Å². The monoisotopic (exact) mass is 458 g/mol. The number of aromatic nitrogens is 2. The van der Waals surface area contributed by atoms with E-state index in [2.05, 4.69) is 11.8 Å². The van der Waals surface area contributed by atoms with Gasteiger partial charge in [0.25, 0.3) is 0 Å². The van der Waals surface area contributed by atoms with E-state index in [1.807, 2.05) is 49.6 Å². The summed E-state index contributed by atoms with van der Waals surface area (Å²) in [6.07, 6.45) is -0.310. The zero-order chi connectivity index (χ0) is 23.0. The van der Waals surface area contributed by atoms with E-state index in [-0.39, 0.29) is 24.5 Å². The first-order chi connectivity index (χ1) is 15.1. The molecule has 1 aliphatic rings. The minimum Gasteiger partial charge on any atom is -0.444 e. The summed E-state index contributed by atoms with van der Waals surface area (Å²) in [5, 5.41) is 0.386. The molecule has 0 unspecified atom stereocenters. The first-order valence-corrected chi connectivity index (χ1v) is 11.1. The summed E-state index contributed by atoms with van der Waals surface area (Å²) in [5.41, 5.74) is 1.63. The van der Waals surface area contributed by atoms with Crippen molar-refractivity contribution >= 4 is 34.7 Å². The summed E-state index contributed by atoms with van der Waals surface area (Å²) < 4.78 is 22.1. The number of rotatable bonds is 3. The fourth-order valence-electron chi connectivity index (χ4n) is 4.03. The molecule has 32 heavy (non-hydrogen) atoms. The molecule has 3 aromatic rings. The highest BCUT2D eigenvalue weighted by atomic mass is 35.5. The van der Waals surface area contributed by atoms with Crippen molar-refractivity contribution in [3.63, 3.8) is 0 Å². The molecule has 0 saturated carbocycles. The number of halogens is 2. The van der Waals surface area contributed by atoms with Crippen LogP contribution in [0, 0.1) is 5.82 Å². The summed E-state index contributed by atoms with van der Waals surface area (Å²) >= 11 is 6.33. The van der Waals surface area contributed by atoms with Gasteiger partial charge in [0.1, 0.15) is 11.4 Å². The molecule has 8 heteroatoms. The lowest BCUT2D eigenvalue weighted by atomic mass is 10.2. The highest BCUT2D eigenvalue weighted by molar-refractivity contribution is 6.31. The number of fused-ring (bicyclic) bond motifs is 1. The number of nitrogens with zero attached hydrogens (tertiary/aromatic N) is 4. The average molecular weight is 459 g/mol. The minimum absolute atomic E-state index is 0.00271. The van der Waals surface area contributed by atoms with E-state index in [0.717, 1.165) is 17.0 Å². The predicted molar refractivity (Wildman–Crippen MR) is 125 cm³/mol. The number of ether oxygens (including phenoxy) is 1. The molecule has 1 aliphatic heterocycles. The first kappa shape index (κ1) is 22.4. The topological polar surface area (TPSA) is 50.6 Å². The number of amides is 1. The lowest BCUT2D eigenvalue weighted by Crippen LogP contribution is -2.55. The molecule has 0 N–H and O–H groups in total. The molecule has 1 saturated heterocycles. The number of para-hydroxylation sites is 2. The molecular formula is C24H28ClFN4O2. The Bertz CT molecular complexity index is 1120. The third kappa shape index (κ3) is 4.53. The van der Waals surface area contributed by atoms with E-state index < -0.39 is 5.60 Å². The molecule has 0 radical (unpaired) electrons. The van der Waals surface area contributed by atoms with Crippen LogP contribution in [-0.4, -0.2) is 51.8 Å². The number of benzene rings is 2. The Labute approximate surface area is 192 Å². The Kier molecular flexibility index (Phi) is 6.03. The summed E-state index contributed by atoms with van der Waals surface area (Å²) in [5.74, 6) is 0.394. The van der Waals surface area contributed by atoms with E-state index in [0.29, 0.717) is 30.2 Å². The Morgan fingerprint density at radius 2 is 1.94 bits per heavy atom. The zero-order valence-corrected chi connectivity index (χ0v) is 19.6. The zero-order valence-electron chi connectivity index (χ0n) is 18.8. The molecule has 170 valence electrons. The van der Waals surface area contributed by atoms with Crippen molar-refractivity contribution in [2.45, 2.75) is 45.9 Å². The second-order valence-electron chi connectivity index (χ2n) is 9.16. The van der Waals surface area contributed by atoms with Gasteiger partial charge in [0, 0.05) is 36.3 Å². The van der Waals surface area contributed by atoms with Gasteiger partial charge in [-0.3, -0.25) is 0 Å². The fourth-order valence-corrected chi connectivity index (χ4v) is 4.25. The minimum atomic E-state index is -0.537. The Morgan fingerprint density at radius 1 is 1.19 bits per heavy atom. The van der Waals surface area contributed by atoms with Gasteiger partial charge in [-0.2, -0.15) is 0 Å². The van der Waals surface area contributed by atoms with Crippen LogP contribution in [0.1, 0.15) is 33.3 Å². The van der Waals surface area contributed by atoms with Gasteiger partial charge in [0.05, 0.1) is 17.6 Å². The summed E-state index contributed by atoms with van der Waals surface area (Å²) in [6, 6.07) is 12.5. The Morgan fingerprint density at radius 3 is 2.62 bits per heavy atom. The number of carbonyl (C=O) groups excluding carboxylic acids is 1. The van der Waals surface area contributed by atoms with E-state index in [1.54, 1.807) is 17.0 Å².